The molecule has 1 heterocycles. The van der Waals surface area contributed by atoms with Crippen molar-refractivity contribution in [2.45, 2.75) is 25.7 Å². The summed E-state index contributed by atoms with van der Waals surface area (Å²) in [5.74, 6) is -0.111. The molecule has 0 radical (unpaired) electrons. The highest BCUT2D eigenvalue weighted by Gasteiger charge is 2.25. The van der Waals surface area contributed by atoms with Gasteiger partial charge in [0.2, 0.25) is 5.91 Å². The number of hydrogen-bond acceptors (Lipinski definition) is 3. The van der Waals surface area contributed by atoms with Crippen LogP contribution in [0.25, 0.3) is 0 Å². The van der Waals surface area contributed by atoms with Crippen LogP contribution in [0.4, 0.5) is 5.69 Å². The van der Waals surface area contributed by atoms with Crippen LogP contribution < -0.4 is 5.73 Å². The molecule has 19 heavy (non-hydrogen) atoms. The molecule has 2 N–H and O–H groups in total. The molecule has 1 aliphatic heterocycles. The molecule has 1 aromatic rings. The smallest absolute Gasteiger partial charge is 0.229 e. The number of halogens is 1. The van der Waals surface area contributed by atoms with Crippen LogP contribution in [0.5, 0.6) is 0 Å². The highest BCUT2D eigenvalue weighted by Crippen LogP contribution is 2.26. The summed E-state index contributed by atoms with van der Waals surface area (Å²) in [5.41, 5.74) is 7.77. The largest absolute Gasteiger partial charge is 0.398 e. The molecule has 4 nitrogen and oxygen atoms in total. The molecule has 102 valence electrons. The zero-order chi connectivity index (χ0) is 13.1. The quantitative estimate of drug-likeness (QED) is 0.845. The number of nitrogens with two attached hydrogens (primary N) is 1. The Bertz CT molecular complexity index is 504. The van der Waals surface area contributed by atoms with Gasteiger partial charge in [0.25, 0.3) is 0 Å². The molecule has 0 bridgehead atoms. The van der Waals surface area contributed by atoms with E-state index in [4.69, 9.17) is 11.0 Å². The lowest BCUT2D eigenvalue weighted by atomic mass is 9.96. The van der Waals surface area contributed by atoms with Crippen LogP contribution in [0.1, 0.15) is 36.8 Å². The first-order valence-corrected chi connectivity index (χ1v) is 6.22. The monoisotopic (exact) mass is 279 g/mol. The van der Waals surface area contributed by atoms with Gasteiger partial charge in [-0.3, -0.25) is 4.79 Å². The highest BCUT2D eigenvalue weighted by molar-refractivity contribution is 5.85. The molecule has 1 atom stereocenters. The van der Waals surface area contributed by atoms with E-state index in [-0.39, 0.29) is 24.2 Å². The van der Waals surface area contributed by atoms with Gasteiger partial charge in [0, 0.05) is 18.8 Å². The molecule has 0 spiro atoms. The van der Waals surface area contributed by atoms with Gasteiger partial charge < -0.3 is 10.6 Å². The molecule has 1 unspecified atom stereocenters. The van der Waals surface area contributed by atoms with Crippen molar-refractivity contribution in [3.05, 3.63) is 29.3 Å². The number of carbonyl (C=O) groups is 1. The number of amides is 1. The van der Waals surface area contributed by atoms with E-state index in [0.717, 1.165) is 31.5 Å². The van der Waals surface area contributed by atoms with E-state index < -0.39 is 0 Å². The van der Waals surface area contributed by atoms with Crippen molar-refractivity contribution in [2.75, 3.05) is 18.8 Å². The normalized spacial score (nSPS) is 15.5. The lowest BCUT2D eigenvalue weighted by Crippen LogP contribution is -2.31. The fourth-order valence-corrected chi connectivity index (χ4v) is 2.38. The highest BCUT2D eigenvalue weighted by atomic mass is 35.5. The molecule has 1 fully saturated rings. The average Bonchev–Trinajstić information content (AvgIpc) is 2.90. The predicted molar refractivity (Wildman–Crippen MR) is 77.0 cm³/mol. The fourth-order valence-electron chi connectivity index (χ4n) is 2.38. The Morgan fingerprint density at radius 3 is 2.58 bits per heavy atom. The Kier molecular flexibility index (Phi) is 5.20. The zero-order valence-corrected chi connectivity index (χ0v) is 11.7. The number of rotatable bonds is 2. The third kappa shape index (κ3) is 3.18. The Morgan fingerprint density at radius 1 is 1.42 bits per heavy atom. The van der Waals surface area contributed by atoms with Gasteiger partial charge >= 0.3 is 0 Å². The topological polar surface area (TPSA) is 70.1 Å². The first kappa shape index (κ1) is 15.3. The minimum atomic E-state index is -0.240. The van der Waals surface area contributed by atoms with Gasteiger partial charge in [-0.25, -0.2) is 0 Å². The molecule has 0 saturated carbocycles. The SMILES string of the molecule is CC(C(=O)N1CCCC1)c1ccc(C#N)cc1N.Cl. The Morgan fingerprint density at radius 2 is 2.05 bits per heavy atom. The lowest BCUT2D eigenvalue weighted by molar-refractivity contribution is -0.131. The first-order valence-electron chi connectivity index (χ1n) is 6.22. The molecule has 1 aromatic carbocycles. The van der Waals surface area contributed by atoms with Gasteiger partial charge in [-0.2, -0.15) is 5.26 Å². The second-order valence-corrected chi connectivity index (χ2v) is 4.71. The van der Waals surface area contributed by atoms with E-state index in [1.807, 2.05) is 17.9 Å². The summed E-state index contributed by atoms with van der Waals surface area (Å²) in [7, 11) is 0. The lowest BCUT2D eigenvalue weighted by Gasteiger charge is -2.21. The van der Waals surface area contributed by atoms with Crippen molar-refractivity contribution >= 4 is 24.0 Å². The number of likely N-dealkylation sites (tertiary alicyclic amines) is 1. The van der Waals surface area contributed by atoms with Gasteiger partial charge in [-0.05, 0) is 37.5 Å². The second kappa shape index (κ2) is 6.44. The van der Waals surface area contributed by atoms with Crippen LogP contribution in [0.2, 0.25) is 0 Å². The number of benzene rings is 1. The van der Waals surface area contributed by atoms with E-state index in [2.05, 4.69) is 0 Å². The van der Waals surface area contributed by atoms with E-state index in [0.29, 0.717) is 11.3 Å². The maximum absolute atomic E-state index is 12.3. The van der Waals surface area contributed by atoms with Crippen LogP contribution in [0, 0.1) is 11.3 Å². The third-order valence-corrected chi connectivity index (χ3v) is 3.47. The number of nitrogens with zero attached hydrogens (tertiary/aromatic N) is 2. The second-order valence-electron chi connectivity index (χ2n) is 4.71. The summed E-state index contributed by atoms with van der Waals surface area (Å²) >= 11 is 0. The molecule has 2 rings (SSSR count). The fraction of sp³-hybridized carbons (Fsp3) is 0.429. The number of anilines is 1. The number of hydrogen-bond donors (Lipinski definition) is 1. The molecule has 0 aliphatic carbocycles. The molecule has 5 heteroatoms. The predicted octanol–water partition coefficient (Wildman–Crippen LogP) is 2.29. The average molecular weight is 280 g/mol. The van der Waals surface area contributed by atoms with Crippen molar-refractivity contribution < 1.29 is 4.79 Å². The van der Waals surface area contributed by atoms with Crippen molar-refractivity contribution in [1.82, 2.24) is 4.90 Å². The van der Waals surface area contributed by atoms with Gasteiger partial charge in [0.05, 0.1) is 17.6 Å². The van der Waals surface area contributed by atoms with Crippen LogP contribution >= 0.6 is 12.4 Å². The van der Waals surface area contributed by atoms with Gasteiger partial charge in [-0.1, -0.05) is 6.07 Å². The van der Waals surface area contributed by atoms with Crippen LogP contribution in [-0.4, -0.2) is 23.9 Å². The summed E-state index contributed by atoms with van der Waals surface area (Å²) in [6.07, 6.45) is 2.17. The Hall–Kier alpha value is -1.73. The maximum Gasteiger partial charge on any atom is 0.229 e. The summed E-state index contributed by atoms with van der Waals surface area (Å²) in [6.45, 7) is 3.57. The molecule has 1 amide bonds. The van der Waals surface area contributed by atoms with E-state index in [9.17, 15) is 4.79 Å². The summed E-state index contributed by atoms with van der Waals surface area (Å²) in [4.78, 5) is 14.1. The Labute approximate surface area is 119 Å². The molecule has 0 aromatic heterocycles. The minimum Gasteiger partial charge on any atom is -0.398 e. The molecule has 1 aliphatic rings. The summed E-state index contributed by atoms with van der Waals surface area (Å²) in [5, 5.41) is 8.79. The summed E-state index contributed by atoms with van der Waals surface area (Å²) < 4.78 is 0. The van der Waals surface area contributed by atoms with Crippen molar-refractivity contribution in [3.63, 3.8) is 0 Å². The first-order chi connectivity index (χ1) is 8.63. The maximum atomic E-state index is 12.3. The van der Waals surface area contributed by atoms with E-state index in [1.54, 1.807) is 18.2 Å². The molecule has 1 saturated heterocycles. The van der Waals surface area contributed by atoms with Crippen molar-refractivity contribution in [2.24, 2.45) is 0 Å². The Balaban J connectivity index is 0.00000180. The third-order valence-electron chi connectivity index (χ3n) is 3.47. The molecular weight excluding hydrogens is 262 g/mol. The summed E-state index contributed by atoms with van der Waals surface area (Å²) in [6, 6.07) is 7.16. The van der Waals surface area contributed by atoms with Crippen LogP contribution in [-0.2, 0) is 4.79 Å². The van der Waals surface area contributed by atoms with Crippen molar-refractivity contribution in [3.8, 4) is 6.07 Å². The van der Waals surface area contributed by atoms with E-state index in [1.165, 1.54) is 0 Å². The number of nitriles is 1. The zero-order valence-electron chi connectivity index (χ0n) is 10.9. The number of nitrogen functional groups attached to an aromatic ring is 1. The van der Waals surface area contributed by atoms with Crippen LogP contribution in [0.3, 0.4) is 0 Å². The molecular formula is C14H18ClN3O. The number of carbonyl (C=O) groups excluding carboxylic acids is 1. The van der Waals surface area contributed by atoms with E-state index >= 15 is 0 Å². The van der Waals surface area contributed by atoms with Gasteiger partial charge in [0.15, 0.2) is 0 Å². The van der Waals surface area contributed by atoms with Gasteiger partial charge in [-0.15, -0.1) is 12.4 Å². The van der Waals surface area contributed by atoms with Crippen LogP contribution in [0.15, 0.2) is 18.2 Å². The van der Waals surface area contributed by atoms with Crippen molar-refractivity contribution in [1.29, 1.82) is 5.26 Å². The standard InChI is InChI=1S/C14H17N3O.ClH/c1-10(14(18)17-6-2-3-7-17)12-5-4-11(9-15)8-13(12)16;/h4-5,8,10H,2-3,6-7,16H2,1H3;1H. The van der Waals surface area contributed by atoms with Gasteiger partial charge in [0.1, 0.15) is 0 Å². The minimum absolute atomic E-state index is 0.